The Morgan fingerprint density at radius 3 is 2.46 bits per heavy atom. The van der Waals surface area contributed by atoms with Crippen molar-refractivity contribution in [2.75, 3.05) is 26.7 Å². The minimum atomic E-state index is -1.48. The highest BCUT2D eigenvalue weighted by Crippen LogP contribution is 2.40. The van der Waals surface area contributed by atoms with E-state index in [2.05, 4.69) is 9.88 Å². The van der Waals surface area contributed by atoms with Gasteiger partial charge in [-0.3, -0.25) is 9.78 Å². The summed E-state index contributed by atoms with van der Waals surface area (Å²) >= 11 is 0. The fraction of sp³-hybridized carbons (Fsp3) is 0.448. The number of alkyl halides is 1. The summed E-state index contributed by atoms with van der Waals surface area (Å²) in [6, 6.07) is 7.13. The minimum absolute atomic E-state index is 0.136. The maximum atomic E-state index is 13.8. The maximum Gasteiger partial charge on any atom is 0.309 e. The van der Waals surface area contributed by atoms with Crippen LogP contribution in [-0.4, -0.2) is 52.8 Å². The quantitative estimate of drug-likeness (QED) is 0.235. The molecule has 1 aliphatic heterocycles. The molecule has 1 fully saturated rings. The Morgan fingerprint density at radius 2 is 1.85 bits per heavy atom. The molecule has 4 rings (SSSR count). The maximum absolute atomic E-state index is 13.8. The Balaban J connectivity index is 1.38. The van der Waals surface area contributed by atoms with Gasteiger partial charge < -0.3 is 19.8 Å². The largest absolute Gasteiger partial charge is 0.497 e. The van der Waals surface area contributed by atoms with Crippen LogP contribution in [0.4, 0.5) is 17.6 Å². The number of carboxylic acid groups (broad SMARTS) is 1. The third kappa shape index (κ3) is 6.33. The number of halogens is 4. The molecule has 39 heavy (non-hydrogen) atoms. The van der Waals surface area contributed by atoms with Crippen molar-refractivity contribution in [3.8, 4) is 5.75 Å². The predicted octanol–water partition coefficient (Wildman–Crippen LogP) is 5.74. The van der Waals surface area contributed by atoms with Crippen molar-refractivity contribution < 1.29 is 37.3 Å². The van der Waals surface area contributed by atoms with E-state index >= 15 is 0 Å². The number of ether oxygens (including phenoxy) is 1. The van der Waals surface area contributed by atoms with Gasteiger partial charge in [0.2, 0.25) is 0 Å². The summed E-state index contributed by atoms with van der Waals surface area (Å²) in [4.78, 5) is 18.7. The number of aliphatic hydroxyl groups excluding tert-OH is 1. The summed E-state index contributed by atoms with van der Waals surface area (Å²) in [7, 11) is 1.51. The van der Waals surface area contributed by atoms with E-state index in [-0.39, 0.29) is 18.4 Å². The number of hydrogen-bond donors (Lipinski definition) is 2. The van der Waals surface area contributed by atoms with Crippen molar-refractivity contribution in [2.24, 2.45) is 5.41 Å². The average Bonchev–Trinajstić information content (AvgIpc) is 2.94. The van der Waals surface area contributed by atoms with E-state index in [4.69, 9.17) is 4.74 Å². The number of carboxylic acids is 1. The van der Waals surface area contributed by atoms with Crippen LogP contribution in [0.3, 0.4) is 0 Å². The van der Waals surface area contributed by atoms with Crippen LogP contribution in [0, 0.1) is 22.9 Å². The first kappa shape index (κ1) is 28.8. The second-order valence-corrected chi connectivity index (χ2v) is 10.2. The molecule has 0 radical (unpaired) electrons. The van der Waals surface area contributed by atoms with Crippen LogP contribution >= 0.6 is 0 Å². The van der Waals surface area contributed by atoms with E-state index in [1.807, 2.05) is 0 Å². The van der Waals surface area contributed by atoms with Crippen molar-refractivity contribution in [3.63, 3.8) is 0 Å². The van der Waals surface area contributed by atoms with E-state index in [1.54, 1.807) is 18.2 Å². The molecule has 2 N–H and O–H groups in total. The zero-order chi connectivity index (χ0) is 28.2. The molecule has 0 unspecified atom stereocenters. The first-order valence-corrected chi connectivity index (χ1v) is 13.0. The second-order valence-electron chi connectivity index (χ2n) is 10.2. The molecule has 3 aromatic rings. The van der Waals surface area contributed by atoms with E-state index in [0.29, 0.717) is 73.1 Å². The Bertz CT molecular complexity index is 1300. The highest BCUT2D eigenvalue weighted by atomic mass is 19.2. The summed E-state index contributed by atoms with van der Waals surface area (Å²) < 4.78 is 59.2. The monoisotopic (exact) mass is 548 g/mol. The molecule has 1 aliphatic rings. The van der Waals surface area contributed by atoms with Gasteiger partial charge in [0, 0.05) is 17.1 Å². The number of benzene rings is 2. The number of likely N-dealkylation sites (tertiary alicyclic amines) is 1. The van der Waals surface area contributed by atoms with Crippen LogP contribution in [0.15, 0.2) is 36.5 Å². The van der Waals surface area contributed by atoms with Gasteiger partial charge >= 0.3 is 5.97 Å². The van der Waals surface area contributed by atoms with Crippen LogP contribution in [0.2, 0.25) is 0 Å². The van der Waals surface area contributed by atoms with Crippen LogP contribution in [0.25, 0.3) is 10.9 Å². The lowest BCUT2D eigenvalue weighted by Crippen LogP contribution is -2.44. The van der Waals surface area contributed by atoms with Crippen LogP contribution in [0.5, 0.6) is 5.75 Å². The fourth-order valence-corrected chi connectivity index (χ4v) is 5.45. The van der Waals surface area contributed by atoms with Gasteiger partial charge in [-0.25, -0.2) is 17.6 Å². The lowest BCUT2D eigenvalue weighted by molar-refractivity contribution is -0.153. The Hall–Kier alpha value is -3.24. The Labute approximate surface area is 224 Å². The lowest BCUT2D eigenvalue weighted by Gasteiger charge is -2.39. The Kier molecular flexibility index (Phi) is 9.07. The van der Waals surface area contributed by atoms with E-state index in [0.717, 1.165) is 12.1 Å². The zero-order valence-corrected chi connectivity index (χ0v) is 21.7. The molecule has 2 aromatic carbocycles. The predicted molar refractivity (Wildman–Crippen MR) is 138 cm³/mol. The summed E-state index contributed by atoms with van der Waals surface area (Å²) in [5.41, 5.74) is 0.564. The van der Waals surface area contributed by atoms with E-state index in [1.165, 1.54) is 13.3 Å². The molecule has 0 bridgehead atoms. The van der Waals surface area contributed by atoms with Crippen LogP contribution in [0.1, 0.15) is 54.9 Å². The number of aliphatic carboxylic acids is 1. The molecule has 1 atom stereocenters. The normalized spacial score (nSPS) is 16.4. The number of aryl methyl sites for hydroxylation is 1. The van der Waals surface area contributed by atoms with Crippen molar-refractivity contribution in [2.45, 2.75) is 51.3 Å². The van der Waals surface area contributed by atoms with Crippen LogP contribution < -0.4 is 4.74 Å². The standard InChI is InChI=1S/C29H32F4N2O4/c1-39-20-4-5-24-21(15-20)26(19(16-30)17-34-24)25(36)6-7-29(28(37)38)8-11-35(12-9-29)10-2-3-18-13-22(31)27(33)23(32)14-18/h4-5,13-15,17,25,36H,2-3,6-12,16H2,1H3,(H,37,38)/t25-/m0/s1. The molecule has 1 aromatic heterocycles. The van der Waals surface area contributed by atoms with Gasteiger partial charge in [0.05, 0.1) is 24.1 Å². The second kappa shape index (κ2) is 12.3. The summed E-state index contributed by atoms with van der Waals surface area (Å²) in [5, 5.41) is 21.8. The molecular formula is C29H32F4N2O4. The average molecular weight is 549 g/mol. The van der Waals surface area contributed by atoms with Gasteiger partial charge in [-0.15, -0.1) is 0 Å². The number of carbonyl (C=O) groups is 1. The SMILES string of the molecule is COc1ccc2ncc(CF)c([C@@H](O)CCC3(C(=O)O)CCN(CCCc4cc(F)c(F)c(F)c4)CC3)c2c1. The first-order chi connectivity index (χ1) is 18.7. The van der Waals surface area contributed by atoms with Crippen LogP contribution in [-0.2, 0) is 17.9 Å². The number of methoxy groups -OCH3 is 1. The summed E-state index contributed by atoms with van der Waals surface area (Å²) in [5.74, 6) is -4.30. The number of aliphatic hydroxyl groups is 1. The van der Waals surface area contributed by atoms with Gasteiger partial charge in [-0.2, -0.15) is 0 Å². The summed E-state index contributed by atoms with van der Waals surface area (Å²) in [6.07, 6.45) is 2.34. The van der Waals surface area contributed by atoms with Crippen molar-refractivity contribution >= 4 is 16.9 Å². The van der Waals surface area contributed by atoms with E-state index in [9.17, 15) is 32.6 Å². The van der Waals surface area contributed by atoms with Crippen molar-refractivity contribution in [3.05, 3.63) is 70.7 Å². The smallest absolute Gasteiger partial charge is 0.309 e. The molecule has 0 aliphatic carbocycles. The highest BCUT2D eigenvalue weighted by molar-refractivity contribution is 5.85. The fourth-order valence-electron chi connectivity index (χ4n) is 5.45. The van der Waals surface area contributed by atoms with Gasteiger partial charge in [0.25, 0.3) is 0 Å². The molecule has 1 saturated heterocycles. The molecule has 0 spiro atoms. The van der Waals surface area contributed by atoms with Gasteiger partial charge in [0.15, 0.2) is 17.5 Å². The van der Waals surface area contributed by atoms with E-state index < -0.39 is 41.6 Å². The van der Waals surface area contributed by atoms with Crippen molar-refractivity contribution in [1.82, 2.24) is 9.88 Å². The number of aromatic nitrogens is 1. The van der Waals surface area contributed by atoms with Crippen molar-refractivity contribution in [1.29, 1.82) is 0 Å². The highest BCUT2D eigenvalue weighted by Gasteiger charge is 2.41. The molecule has 6 nitrogen and oxygen atoms in total. The number of nitrogens with zero attached hydrogens (tertiary/aromatic N) is 2. The minimum Gasteiger partial charge on any atom is -0.497 e. The molecule has 10 heteroatoms. The topological polar surface area (TPSA) is 82.9 Å². The number of hydrogen-bond acceptors (Lipinski definition) is 5. The first-order valence-electron chi connectivity index (χ1n) is 13.0. The molecule has 0 amide bonds. The summed E-state index contributed by atoms with van der Waals surface area (Å²) in [6.45, 7) is 0.811. The third-order valence-corrected chi connectivity index (χ3v) is 7.82. The van der Waals surface area contributed by atoms with Gasteiger partial charge in [-0.1, -0.05) is 0 Å². The number of pyridine rings is 1. The molecular weight excluding hydrogens is 516 g/mol. The number of piperidine rings is 1. The molecule has 210 valence electrons. The third-order valence-electron chi connectivity index (χ3n) is 7.82. The van der Waals surface area contributed by atoms with Gasteiger partial charge in [-0.05, 0) is 99.6 Å². The zero-order valence-electron chi connectivity index (χ0n) is 21.7. The number of fused-ring (bicyclic) bond motifs is 1. The number of rotatable bonds is 11. The lowest BCUT2D eigenvalue weighted by atomic mass is 9.73. The molecule has 2 heterocycles. The Morgan fingerprint density at radius 1 is 1.15 bits per heavy atom. The molecule has 0 saturated carbocycles. The van der Waals surface area contributed by atoms with Gasteiger partial charge in [0.1, 0.15) is 12.4 Å².